The number of aryl methyl sites for hydroxylation is 1. The zero-order valence-corrected chi connectivity index (χ0v) is 7.39. The zero-order chi connectivity index (χ0) is 8.43. The van der Waals surface area contributed by atoms with Crippen LogP contribution >= 0.6 is 0 Å². The summed E-state index contributed by atoms with van der Waals surface area (Å²) in [7, 11) is 0. The van der Waals surface area contributed by atoms with Gasteiger partial charge >= 0.3 is 0 Å². The molecule has 0 spiro atoms. The summed E-state index contributed by atoms with van der Waals surface area (Å²) in [6.45, 7) is 7.21. The number of aromatic nitrogens is 1. The van der Waals surface area contributed by atoms with E-state index in [1.807, 2.05) is 0 Å². The van der Waals surface area contributed by atoms with Gasteiger partial charge in [0.25, 0.3) is 0 Å². The summed E-state index contributed by atoms with van der Waals surface area (Å²) < 4.78 is 2.09. The molecule has 1 rings (SSSR count). The normalized spacial score (nSPS) is 10.5. The molecule has 2 nitrogen and oxygen atoms in total. The Morgan fingerprint density at radius 1 is 1.36 bits per heavy atom. The third kappa shape index (κ3) is 1.46. The van der Waals surface area contributed by atoms with Crippen molar-refractivity contribution < 1.29 is 5.11 Å². The molecule has 0 aliphatic rings. The number of rotatable bonds is 2. The third-order valence-corrected chi connectivity index (χ3v) is 2.26. The quantitative estimate of drug-likeness (QED) is 0.682. The molecule has 2 heteroatoms. The summed E-state index contributed by atoms with van der Waals surface area (Å²) in [5.41, 5.74) is 3.89. The number of aliphatic hydroxyl groups is 1. The fraction of sp³-hybridized carbons (Fsp3) is 0.556. The molecule has 0 atom stereocenters. The maximum absolute atomic E-state index is 8.72. The Kier molecular flexibility index (Phi) is 2.35. The van der Waals surface area contributed by atoms with E-state index in [2.05, 4.69) is 31.5 Å². The molecule has 0 aliphatic heterocycles. The Morgan fingerprint density at radius 2 is 2.00 bits per heavy atom. The van der Waals surface area contributed by atoms with E-state index in [4.69, 9.17) is 5.11 Å². The van der Waals surface area contributed by atoms with Gasteiger partial charge in [0.05, 0.1) is 6.61 Å². The first kappa shape index (κ1) is 8.34. The highest BCUT2D eigenvalue weighted by Gasteiger charge is 2.03. The zero-order valence-electron chi connectivity index (χ0n) is 7.39. The lowest BCUT2D eigenvalue weighted by Gasteiger charge is -2.02. The summed E-state index contributed by atoms with van der Waals surface area (Å²) in [6, 6.07) is 0. The summed E-state index contributed by atoms with van der Waals surface area (Å²) in [6.07, 6.45) is 2.08. The first-order valence-electron chi connectivity index (χ1n) is 3.90. The molecule has 0 fully saturated rings. The highest BCUT2D eigenvalue weighted by atomic mass is 16.3. The van der Waals surface area contributed by atoms with Crippen LogP contribution in [0, 0.1) is 20.8 Å². The molecule has 11 heavy (non-hydrogen) atoms. The molecular formula is C9H15NO. The molecule has 0 unspecified atom stereocenters. The molecule has 0 amide bonds. The van der Waals surface area contributed by atoms with Gasteiger partial charge in [0, 0.05) is 18.4 Å². The van der Waals surface area contributed by atoms with Crippen molar-refractivity contribution in [3.8, 4) is 0 Å². The SMILES string of the molecule is Cc1cn(CCO)c(C)c1C. The Balaban J connectivity index is 2.98. The molecule has 0 saturated heterocycles. The van der Waals surface area contributed by atoms with Gasteiger partial charge < -0.3 is 9.67 Å². The van der Waals surface area contributed by atoms with Crippen LogP contribution < -0.4 is 0 Å². The minimum Gasteiger partial charge on any atom is -0.395 e. The van der Waals surface area contributed by atoms with Gasteiger partial charge in [0.15, 0.2) is 0 Å². The Morgan fingerprint density at radius 3 is 2.36 bits per heavy atom. The van der Waals surface area contributed by atoms with Gasteiger partial charge in [-0.3, -0.25) is 0 Å². The van der Waals surface area contributed by atoms with Crippen LogP contribution in [-0.2, 0) is 6.54 Å². The average Bonchev–Trinajstić information content (AvgIpc) is 2.19. The number of hydrogen-bond acceptors (Lipinski definition) is 1. The van der Waals surface area contributed by atoms with Gasteiger partial charge in [-0.05, 0) is 31.9 Å². The maximum atomic E-state index is 8.72. The molecule has 0 aromatic carbocycles. The van der Waals surface area contributed by atoms with E-state index < -0.39 is 0 Å². The van der Waals surface area contributed by atoms with Crippen molar-refractivity contribution in [2.24, 2.45) is 0 Å². The largest absolute Gasteiger partial charge is 0.395 e. The second-order valence-corrected chi connectivity index (χ2v) is 2.94. The van der Waals surface area contributed by atoms with E-state index in [0.29, 0.717) is 6.54 Å². The number of hydrogen-bond donors (Lipinski definition) is 1. The molecule has 1 aromatic rings. The van der Waals surface area contributed by atoms with E-state index in [-0.39, 0.29) is 6.61 Å². The average molecular weight is 153 g/mol. The third-order valence-electron chi connectivity index (χ3n) is 2.26. The first-order valence-corrected chi connectivity index (χ1v) is 3.90. The Labute approximate surface area is 67.5 Å². The van der Waals surface area contributed by atoms with Crippen molar-refractivity contribution in [1.29, 1.82) is 0 Å². The molecule has 1 heterocycles. The molecule has 0 saturated carbocycles. The van der Waals surface area contributed by atoms with Crippen LogP contribution in [0.4, 0.5) is 0 Å². The van der Waals surface area contributed by atoms with Gasteiger partial charge in [-0.1, -0.05) is 0 Å². The number of aliphatic hydroxyl groups excluding tert-OH is 1. The second-order valence-electron chi connectivity index (χ2n) is 2.94. The molecule has 0 bridgehead atoms. The lowest BCUT2D eigenvalue weighted by Crippen LogP contribution is -2.02. The van der Waals surface area contributed by atoms with Crippen LogP contribution in [0.3, 0.4) is 0 Å². The fourth-order valence-corrected chi connectivity index (χ4v) is 1.27. The van der Waals surface area contributed by atoms with Crippen molar-refractivity contribution in [2.75, 3.05) is 6.61 Å². The number of nitrogens with zero attached hydrogens (tertiary/aromatic N) is 1. The molecular weight excluding hydrogens is 138 g/mol. The van der Waals surface area contributed by atoms with E-state index in [0.717, 1.165) is 0 Å². The van der Waals surface area contributed by atoms with Crippen LogP contribution in [-0.4, -0.2) is 16.3 Å². The van der Waals surface area contributed by atoms with Gasteiger partial charge in [-0.15, -0.1) is 0 Å². The molecule has 62 valence electrons. The molecule has 0 radical (unpaired) electrons. The fourth-order valence-electron chi connectivity index (χ4n) is 1.27. The maximum Gasteiger partial charge on any atom is 0.0610 e. The standard InChI is InChI=1S/C9H15NO/c1-7-6-10(4-5-11)9(3)8(7)2/h6,11H,4-5H2,1-3H3. The Hall–Kier alpha value is -0.760. The van der Waals surface area contributed by atoms with Gasteiger partial charge in [-0.25, -0.2) is 0 Å². The topological polar surface area (TPSA) is 25.2 Å². The first-order chi connectivity index (χ1) is 5.16. The van der Waals surface area contributed by atoms with Crippen molar-refractivity contribution in [2.45, 2.75) is 27.3 Å². The summed E-state index contributed by atoms with van der Waals surface area (Å²) in [5, 5.41) is 8.72. The lowest BCUT2D eigenvalue weighted by molar-refractivity contribution is 0.275. The predicted octanol–water partition coefficient (Wildman–Crippen LogP) is 1.41. The van der Waals surface area contributed by atoms with Gasteiger partial charge in [0.2, 0.25) is 0 Å². The second kappa shape index (κ2) is 3.09. The molecule has 0 aliphatic carbocycles. The van der Waals surface area contributed by atoms with Gasteiger partial charge in [0.1, 0.15) is 0 Å². The molecule has 1 N–H and O–H groups in total. The van der Waals surface area contributed by atoms with E-state index in [1.165, 1.54) is 16.8 Å². The summed E-state index contributed by atoms with van der Waals surface area (Å²) >= 11 is 0. The van der Waals surface area contributed by atoms with Gasteiger partial charge in [-0.2, -0.15) is 0 Å². The summed E-state index contributed by atoms with van der Waals surface area (Å²) in [5.74, 6) is 0. The molecule has 1 aromatic heterocycles. The van der Waals surface area contributed by atoms with Crippen LogP contribution in [0.1, 0.15) is 16.8 Å². The van der Waals surface area contributed by atoms with Crippen LogP contribution in [0.2, 0.25) is 0 Å². The Bertz CT molecular complexity index is 250. The minimum atomic E-state index is 0.217. The summed E-state index contributed by atoms with van der Waals surface area (Å²) in [4.78, 5) is 0. The lowest BCUT2D eigenvalue weighted by atomic mass is 10.2. The van der Waals surface area contributed by atoms with E-state index in [9.17, 15) is 0 Å². The predicted molar refractivity (Wildman–Crippen MR) is 45.7 cm³/mol. The highest BCUT2D eigenvalue weighted by molar-refractivity contribution is 5.28. The van der Waals surface area contributed by atoms with E-state index >= 15 is 0 Å². The van der Waals surface area contributed by atoms with Crippen LogP contribution in [0.15, 0.2) is 6.20 Å². The van der Waals surface area contributed by atoms with E-state index in [1.54, 1.807) is 0 Å². The van der Waals surface area contributed by atoms with Crippen molar-refractivity contribution >= 4 is 0 Å². The highest BCUT2D eigenvalue weighted by Crippen LogP contribution is 2.13. The van der Waals surface area contributed by atoms with Crippen molar-refractivity contribution in [1.82, 2.24) is 4.57 Å². The van der Waals surface area contributed by atoms with Crippen LogP contribution in [0.25, 0.3) is 0 Å². The van der Waals surface area contributed by atoms with Crippen LogP contribution in [0.5, 0.6) is 0 Å². The monoisotopic (exact) mass is 153 g/mol. The minimum absolute atomic E-state index is 0.217. The van der Waals surface area contributed by atoms with Crippen molar-refractivity contribution in [3.05, 3.63) is 23.0 Å². The smallest absolute Gasteiger partial charge is 0.0610 e. The van der Waals surface area contributed by atoms with Crippen molar-refractivity contribution in [3.63, 3.8) is 0 Å².